The van der Waals surface area contributed by atoms with Crippen LogP contribution in [-0.2, 0) is 0 Å². The highest BCUT2D eigenvalue weighted by molar-refractivity contribution is 6.89. The highest BCUT2D eigenvalue weighted by Crippen LogP contribution is 2.34. The van der Waals surface area contributed by atoms with Gasteiger partial charge in [-0.15, -0.1) is 0 Å². The van der Waals surface area contributed by atoms with E-state index in [0.29, 0.717) is 18.2 Å². The molecule has 0 atom stereocenters. The summed E-state index contributed by atoms with van der Waals surface area (Å²) in [7, 11) is 5.45. The van der Waals surface area contributed by atoms with Crippen LogP contribution in [0.3, 0.4) is 0 Å². The lowest BCUT2D eigenvalue weighted by Crippen LogP contribution is -2.40. The van der Waals surface area contributed by atoms with Crippen molar-refractivity contribution >= 4 is 30.8 Å². The quantitative estimate of drug-likeness (QED) is 0.314. The first kappa shape index (κ1) is 29.0. The van der Waals surface area contributed by atoms with Crippen LogP contribution in [0.15, 0.2) is 40.8 Å². The van der Waals surface area contributed by atoms with Crippen LogP contribution in [0.4, 0.5) is 11.6 Å². The van der Waals surface area contributed by atoms with Gasteiger partial charge >= 0.3 is 0 Å². The van der Waals surface area contributed by atoms with Crippen LogP contribution in [0.1, 0.15) is 24.4 Å². The second-order valence-corrected chi connectivity index (χ2v) is 14.8. The van der Waals surface area contributed by atoms with E-state index >= 15 is 0 Å². The predicted octanol–water partition coefficient (Wildman–Crippen LogP) is 4.45. The Balaban J connectivity index is 1.79. The molecule has 1 N–H and O–H groups in total. The summed E-state index contributed by atoms with van der Waals surface area (Å²) < 4.78 is 22.6. The van der Waals surface area contributed by atoms with Crippen molar-refractivity contribution in [3.05, 3.63) is 42.2 Å². The number of carbonyl (C=O) groups excluding carboxylic acids is 1. The summed E-state index contributed by atoms with van der Waals surface area (Å²) in [4.78, 5) is 26.2. The number of rotatable bonds is 13. The van der Waals surface area contributed by atoms with Crippen molar-refractivity contribution in [1.82, 2.24) is 14.9 Å². The van der Waals surface area contributed by atoms with Gasteiger partial charge in [-0.25, -0.2) is 0 Å². The number of anilines is 2. The number of amides is 1. The zero-order chi connectivity index (χ0) is 27.9. The number of carbonyl (C=O) groups is 1. The van der Waals surface area contributed by atoms with E-state index < -0.39 is 14.0 Å². The standard InChI is InChI=1S/C27H39N5O5Si/c1-9-32(17-16-31(3)4)27-29-25(34-5)23(26(30-27)35-6)28-24(33)21-14-15-22(37-21)36-19-12-11-13-20(18-19)38(7,8)10-2/h11-15,18H,9-10,16-17H2,1-8H3,(H,28,33). The molecule has 0 saturated heterocycles. The SMILES string of the molecule is CCN(CCN(C)C)c1nc(OC)c(NC(=O)c2ccc(Oc3cccc([Si](C)(C)CC)c3)o2)c(OC)n1. The first-order chi connectivity index (χ1) is 18.1. The zero-order valence-electron chi connectivity index (χ0n) is 23.6. The van der Waals surface area contributed by atoms with Crippen LogP contribution in [-0.4, -0.2) is 76.8 Å². The number of methoxy groups -OCH3 is 2. The molecule has 1 amide bonds. The molecule has 0 aliphatic carbocycles. The van der Waals surface area contributed by atoms with Gasteiger partial charge in [-0.3, -0.25) is 4.79 Å². The molecule has 2 aromatic heterocycles. The molecule has 11 heteroatoms. The molecule has 38 heavy (non-hydrogen) atoms. The van der Waals surface area contributed by atoms with Crippen LogP contribution in [0, 0.1) is 0 Å². The van der Waals surface area contributed by atoms with E-state index in [-0.39, 0.29) is 29.2 Å². The molecule has 2 heterocycles. The van der Waals surface area contributed by atoms with E-state index in [2.05, 4.69) is 46.3 Å². The fourth-order valence-corrected chi connectivity index (χ4v) is 5.14. The van der Waals surface area contributed by atoms with Crippen molar-refractivity contribution in [3.63, 3.8) is 0 Å². The topological polar surface area (TPSA) is 102 Å². The van der Waals surface area contributed by atoms with Gasteiger partial charge in [0.2, 0.25) is 17.7 Å². The average Bonchev–Trinajstić information content (AvgIpc) is 3.37. The van der Waals surface area contributed by atoms with E-state index in [9.17, 15) is 4.79 Å². The number of nitrogens with one attached hydrogen (secondary N) is 1. The summed E-state index contributed by atoms with van der Waals surface area (Å²) in [6.45, 7) is 11.1. The number of benzene rings is 1. The highest BCUT2D eigenvalue weighted by atomic mass is 28.3. The van der Waals surface area contributed by atoms with Crippen LogP contribution >= 0.6 is 0 Å². The van der Waals surface area contributed by atoms with Gasteiger partial charge in [-0.05, 0) is 39.2 Å². The number of aromatic nitrogens is 2. The number of furan rings is 1. The Labute approximate surface area is 225 Å². The molecular formula is C27H39N5O5Si. The minimum Gasteiger partial charge on any atom is -0.479 e. The number of nitrogens with zero attached hydrogens (tertiary/aromatic N) is 4. The smallest absolute Gasteiger partial charge is 0.291 e. The summed E-state index contributed by atoms with van der Waals surface area (Å²) in [6, 6.07) is 12.3. The largest absolute Gasteiger partial charge is 0.479 e. The number of hydrogen-bond acceptors (Lipinski definition) is 9. The maximum atomic E-state index is 13.1. The van der Waals surface area contributed by atoms with Gasteiger partial charge in [-0.1, -0.05) is 43.4 Å². The first-order valence-electron chi connectivity index (χ1n) is 12.7. The molecule has 0 aliphatic rings. The Morgan fingerprint density at radius 2 is 1.71 bits per heavy atom. The van der Waals surface area contributed by atoms with Crippen LogP contribution in [0.2, 0.25) is 19.1 Å². The third-order valence-corrected chi connectivity index (χ3v) is 10.1. The van der Waals surface area contributed by atoms with Crippen molar-refractivity contribution in [1.29, 1.82) is 0 Å². The molecule has 10 nitrogen and oxygen atoms in total. The summed E-state index contributed by atoms with van der Waals surface area (Å²) in [5.41, 5.74) is 0.214. The maximum Gasteiger partial charge on any atom is 0.291 e. The van der Waals surface area contributed by atoms with Crippen molar-refractivity contribution in [2.24, 2.45) is 0 Å². The van der Waals surface area contributed by atoms with Crippen molar-refractivity contribution in [3.8, 4) is 23.5 Å². The van der Waals surface area contributed by atoms with Crippen LogP contribution in [0.25, 0.3) is 0 Å². The molecule has 0 radical (unpaired) electrons. The van der Waals surface area contributed by atoms with E-state index in [1.54, 1.807) is 12.1 Å². The summed E-state index contributed by atoms with van der Waals surface area (Å²) in [5.74, 6) is 1.26. The second-order valence-electron chi connectivity index (χ2n) is 9.74. The lowest BCUT2D eigenvalue weighted by Gasteiger charge is -2.24. The van der Waals surface area contributed by atoms with E-state index in [1.165, 1.54) is 19.4 Å². The van der Waals surface area contributed by atoms with Crippen LogP contribution < -0.4 is 29.6 Å². The Morgan fingerprint density at radius 3 is 2.29 bits per heavy atom. The minimum atomic E-state index is -1.52. The highest BCUT2D eigenvalue weighted by Gasteiger charge is 2.24. The van der Waals surface area contributed by atoms with Gasteiger partial charge in [0.25, 0.3) is 11.9 Å². The lowest BCUT2D eigenvalue weighted by molar-refractivity contribution is 0.0990. The monoisotopic (exact) mass is 541 g/mol. The summed E-state index contributed by atoms with van der Waals surface area (Å²) >= 11 is 0. The molecule has 0 bridgehead atoms. The second kappa shape index (κ2) is 12.8. The Hall–Kier alpha value is -3.57. The number of ether oxygens (including phenoxy) is 3. The van der Waals surface area contributed by atoms with Crippen LogP contribution in [0.5, 0.6) is 23.5 Å². The Bertz CT molecular complexity index is 1210. The minimum absolute atomic E-state index is 0.0637. The van der Waals surface area contributed by atoms with E-state index in [4.69, 9.17) is 18.6 Å². The molecule has 0 fully saturated rings. The van der Waals surface area contributed by atoms with Crippen molar-refractivity contribution < 1.29 is 23.4 Å². The third-order valence-electron chi connectivity index (χ3n) is 6.46. The average molecular weight is 542 g/mol. The predicted molar refractivity (Wildman–Crippen MR) is 152 cm³/mol. The van der Waals surface area contributed by atoms with E-state index in [0.717, 1.165) is 19.1 Å². The summed E-state index contributed by atoms with van der Waals surface area (Å²) in [6.07, 6.45) is 0. The lowest BCUT2D eigenvalue weighted by atomic mass is 10.3. The Morgan fingerprint density at radius 1 is 1.03 bits per heavy atom. The normalized spacial score (nSPS) is 11.4. The maximum absolute atomic E-state index is 13.1. The molecule has 3 aromatic rings. The molecule has 0 unspecified atom stereocenters. The molecule has 0 aliphatic heterocycles. The zero-order valence-corrected chi connectivity index (χ0v) is 24.6. The van der Waals surface area contributed by atoms with E-state index in [1.807, 2.05) is 44.1 Å². The van der Waals surface area contributed by atoms with Gasteiger partial charge in [0, 0.05) is 25.7 Å². The van der Waals surface area contributed by atoms with Gasteiger partial charge < -0.3 is 33.7 Å². The Kier molecular flexibility index (Phi) is 9.76. The van der Waals surface area contributed by atoms with Crippen molar-refractivity contribution in [2.75, 3.05) is 58.2 Å². The van der Waals surface area contributed by atoms with Gasteiger partial charge in [0.15, 0.2) is 11.4 Å². The molecule has 206 valence electrons. The number of likely N-dealkylation sites (N-methyl/N-ethyl adjacent to an activating group) is 2. The summed E-state index contributed by atoms with van der Waals surface area (Å²) in [5, 5.41) is 4.06. The molecule has 0 saturated carbocycles. The van der Waals surface area contributed by atoms with Gasteiger partial charge in [0.1, 0.15) is 5.75 Å². The molecular weight excluding hydrogens is 502 g/mol. The third kappa shape index (κ3) is 7.04. The van der Waals surface area contributed by atoms with Gasteiger partial charge in [-0.2, -0.15) is 9.97 Å². The molecule has 3 rings (SSSR count). The number of hydrogen-bond donors (Lipinski definition) is 1. The fourth-order valence-electron chi connectivity index (χ4n) is 3.65. The fraction of sp³-hybridized carbons (Fsp3) is 0.444. The van der Waals surface area contributed by atoms with Crippen molar-refractivity contribution in [2.45, 2.75) is 33.0 Å². The molecule has 0 spiro atoms. The first-order valence-corrected chi connectivity index (χ1v) is 15.9. The molecule has 1 aromatic carbocycles. The van der Waals surface area contributed by atoms with Gasteiger partial charge in [0.05, 0.1) is 22.3 Å².